The van der Waals surface area contributed by atoms with Gasteiger partial charge in [0.1, 0.15) is 12.0 Å². The van der Waals surface area contributed by atoms with Crippen LogP contribution in [0.25, 0.3) is 0 Å². The predicted molar refractivity (Wildman–Crippen MR) is 125 cm³/mol. The van der Waals surface area contributed by atoms with E-state index in [1.165, 1.54) is 40.6 Å². The van der Waals surface area contributed by atoms with E-state index in [1.54, 1.807) is 12.1 Å². The average Bonchev–Trinajstić information content (AvgIpc) is 3.39. The molecule has 3 aliphatic rings. The fraction of sp³-hybridized carbons (Fsp3) is 0.304. The second kappa shape index (κ2) is 8.48. The minimum atomic E-state index is -0.332. The van der Waals surface area contributed by atoms with E-state index >= 15 is 0 Å². The van der Waals surface area contributed by atoms with E-state index in [9.17, 15) is 9.18 Å². The molecule has 3 unspecified atom stereocenters. The van der Waals surface area contributed by atoms with Gasteiger partial charge in [0.2, 0.25) is 5.91 Å². The molecule has 0 saturated carbocycles. The maximum atomic E-state index is 13.0. The van der Waals surface area contributed by atoms with Gasteiger partial charge in [-0.2, -0.15) is 5.10 Å². The fourth-order valence-electron chi connectivity index (χ4n) is 4.35. The number of aryl methyl sites for hydroxylation is 2. The van der Waals surface area contributed by atoms with Gasteiger partial charge < -0.3 is 15.2 Å². The molecule has 3 atom stereocenters. The van der Waals surface area contributed by atoms with Crippen molar-refractivity contribution in [1.29, 1.82) is 0 Å². The highest BCUT2D eigenvalue weighted by molar-refractivity contribution is 8.14. The number of carbonyl (C=O) groups excluding carboxylic acids is 1. The molecule has 1 saturated heterocycles. The second-order valence-electron chi connectivity index (χ2n) is 8.27. The Hall–Kier alpha value is -3.04. The third-order valence-corrected chi connectivity index (χ3v) is 6.94. The van der Waals surface area contributed by atoms with Crippen molar-refractivity contribution in [2.24, 2.45) is 5.10 Å². The van der Waals surface area contributed by atoms with Crippen molar-refractivity contribution in [2.75, 3.05) is 11.1 Å². The van der Waals surface area contributed by atoms with Crippen LogP contribution in [-0.4, -0.2) is 38.9 Å². The molecule has 3 heterocycles. The molecule has 5 rings (SSSR count). The Kier molecular flexibility index (Phi) is 5.52. The Morgan fingerprint density at radius 2 is 2.03 bits per heavy atom. The van der Waals surface area contributed by atoms with Crippen LogP contribution in [0.4, 0.5) is 10.1 Å². The van der Waals surface area contributed by atoms with E-state index in [-0.39, 0.29) is 35.7 Å². The van der Waals surface area contributed by atoms with Gasteiger partial charge >= 0.3 is 0 Å². The Balaban J connectivity index is 1.20. The number of carbonyl (C=O) groups is 1. The summed E-state index contributed by atoms with van der Waals surface area (Å²) in [5, 5.41) is 10.2. The van der Waals surface area contributed by atoms with E-state index in [0.29, 0.717) is 5.69 Å². The highest BCUT2D eigenvalue weighted by Gasteiger charge is 2.44. The number of thioether (sulfide) groups is 1. The molecule has 0 spiro atoms. The number of halogens is 1. The molecule has 166 valence electrons. The minimum absolute atomic E-state index is 0.00488. The Morgan fingerprint density at radius 3 is 2.84 bits per heavy atom. The number of anilines is 1. The van der Waals surface area contributed by atoms with E-state index in [1.807, 2.05) is 12.4 Å². The van der Waals surface area contributed by atoms with Crippen molar-refractivity contribution in [3.63, 3.8) is 0 Å². The molecule has 1 fully saturated rings. The lowest BCUT2D eigenvalue weighted by molar-refractivity contribution is -0.113. The van der Waals surface area contributed by atoms with Crippen LogP contribution >= 0.6 is 11.8 Å². The number of nitrogens with one attached hydrogen (secondary N) is 3. The first-order chi connectivity index (χ1) is 15.5. The molecular formula is C23H25FN6OS. The van der Waals surface area contributed by atoms with Crippen LogP contribution in [0, 0.1) is 19.7 Å². The summed E-state index contributed by atoms with van der Waals surface area (Å²) in [5.41, 5.74) is 11.3. The van der Waals surface area contributed by atoms with Crippen molar-refractivity contribution in [3.05, 3.63) is 77.4 Å². The number of hydrazine groups is 1. The van der Waals surface area contributed by atoms with Gasteiger partial charge in [0.05, 0.1) is 17.8 Å². The molecule has 3 aliphatic heterocycles. The zero-order chi connectivity index (χ0) is 22.2. The van der Waals surface area contributed by atoms with Crippen molar-refractivity contribution in [1.82, 2.24) is 20.8 Å². The Labute approximate surface area is 190 Å². The molecule has 0 aromatic heterocycles. The number of rotatable bonds is 4. The van der Waals surface area contributed by atoms with Crippen LogP contribution < -0.4 is 16.2 Å². The average molecular weight is 453 g/mol. The van der Waals surface area contributed by atoms with Gasteiger partial charge in [-0.15, -0.1) is 0 Å². The molecule has 9 heteroatoms. The summed E-state index contributed by atoms with van der Waals surface area (Å²) in [6.45, 7) is 4.27. The van der Waals surface area contributed by atoms with Gasteiger partial charge in [0.25, 0.3) is 0 Å². The monoisotopic (exact) mass is 452 g/mol. The normalized spacial score (nSPS) is 23.5. The minimum Gasteiger partial charge on any atom is -0.325 e. The van der Waals surface area contributed by atoms with E-state index < -0.39 is 0 Å². The molecule has 7 nitrogen and oxygen atoms in total. The molecular weight excluding hydrogens is 427 g/mol. The molecule has 0 bridgehead atoms. The van der Waals surface area contributed by atoms with Crippen LogP contribution in [0.2, 0.25) is 0 Å². The number of fused-ring (bicyclic) bond motifs is 3. The molecule has 3 N–H and O–H groups in total. The molecule has 2 aromatic rings. The summed E-state index contributed by atoms with van der Waals surface area (Å²) in [6.07, 6.45) is 4.98. The first kappa shape index (κ1) is 20.8. The van der Waals surface area contributed by atoms with E-state index in [4.69, 9.17) is 0 Å². The molecule has 1 amide bonds. The molecule has 0 radical (unpaired) electrons. The standard InChI is InChI=1S/C23H25FN6OS/c1-14-3-4-15(2)18(11-14)19-12-20-22-26-27-23(29(22)9-10-30(20)28-19)32-13-21(31)25-17-7-5-16(24)6-8-17/h3-11,19-20,22,26,28H,12-13H2,1-2H3,(H,25,31). The quantitative estimate of drug-likeness (QED) is 0.660. The van der Waals surface area contributed by atoms with Crippen molar-refractivity contribution >= 4 is 28.5 Å². The molecule has 0 aliphatic carbocycles. The van der Waals surface area contributed by atoms with Gasteiger partial charge in [-0.3, -0.25) is 10.2 Å². The number of benzene rings is 2. The highest BCUT2D eigenvalue weighted by atomic mass is 32.2. The van der Waals surface area contributed by atoms with Gasteiger partial charge in [-0.25, -0.2) is 9.82 Å². The van der Waals surface area contributed by atoms with Crippen LogP contribution in [0.15, 0.2) is 60.0 Å². The number of amides is 1. The number of hydrazone groups is 1. The summed E-state index contributed by atoms with van der Waals surface area (Å²) in [6, 6.07) is 12.8. The Morgan fingerprint density at radius 1 is 1.22 bits per heavy atom. The van der Waals surface area contributed by atoms with Gasteiger partial charge in [-0.1, -0.05) is 35.5 Å². The van der Waals surface area contributed by atoms with Crippen LogP contribution in [0.5, 0.6) is 0 Å². The van der Waals surface area contributed by atoms with Crippen LogP contribution in [0.1, 0.15) is 29.2 Å². The van der Waals surface area contributed by atoms with Gasteiger partial charge in [0.15, 0.2) is 5.17 Å². The van der Waals surface area contributed by atoms with Gasteiger partial charge in [0, 0.05) is 18.1 Å². The van der Waals surface area contributed by atoms with Crippen molar-refractivity contribution < 1.29 is 9.18 Å². The van der Waals surface area contributed by atoms with Crippen molar-refractivity contribution in [3.8, 4) is 0 Å². The first-order valence-corrected chi connectivity index (χ1v) is 11.6. The summed E-state index contributed by atoms with van der Waals surface area (Å²) in [7, 11) is 0. The predicted octanol–water partition coefficient (Wildman–Crippen LogP) is 3.42. The zero-order valence-corrected chi connectivity index (χ0v) is 18.7. The summed E-state index contributed by atoms with van der Waals surface area (Å²) in [4.78, 5) is 14.4. The molecule has 2 aromatic carbocycles. The number of hydrogen-bond donors (Lipinski definition) is 3. The maximum Gasteiger partial charge on any atom is 0.234 e. The zero-order valence-electron chi connectivity index (χ0n) is 17.9. The first-order valence-electron chi connectivity index (χ1n) is 10.6. The Bertz CT molecular complexity index is 1090. The van der Waals surface area contributed by atoms with E-state index in [0.717, 1.165) is 11.6 Å². The lowest BCUT2D eigenvalue weighted by Gasteiger charge is -2.36. The van der Waals surface area contributed by atoms with E-state index in [2.05, 4.69) is 63.2 Å². The largest absolute Gasteiger partial charge is 0.325 e. The number of amidine groups is 1. The number of nitrogens with zero attached hydrogens (tertiary/aromatic N) is 3. The lowest BCUT2D eigenvalue weighted by atomic mass is 9.95. The van der Waals surface area contributed by atoms with Crippen molar-refractivity contribution in [2.45, 2.75) is 38.5 Å². The number of hydrogen-bond acceptors (Lipinski definition) is 7. The summed E-state index contributed by atoms with van der Waals surface area (Å²) in [5.74, 6) is -0.276. The SMILES string of the molecule is Cc1ccc(C)c(C2CC3C4NN=C(SCC(=O)Nc5ccc(F)cc5)N4C=CN3N2)c1. The maximum absolute atomic E-state index is 13.0. The second-order valence-corrected chi connectivity index (χ2v) is 9.21. The topological polar surface area (TPSA) is 72.0 Å². The lowest BCUT2D eigenvalue weighted by Crippen LogP contribution is -2.54. The molecule has 32 heavy (non-hydrogen) atoms. The van der Waals surface area contributed by atoms with Gasteiger partial charge in [-0.05, 0) is 55.7 Å². The smallest absolute Gasteiger partial charge is 0.234 e. The summed E-state index contributed by atoms with van der Waals surface area (Å²) >= 11 is 1.37. The van der Waals surface area contributed by atoms with Crippen LogP contribution in [-0.2, 0) is 4.79 Å². The highest BCUT2D eigenvalue weighted by Crippen LogP contribution is 2.36. The summed E-state index contributed by atoms with van der Waals surface area (Å²) < 4.78 is 13.0. The fourth-order valence-corrected chi connectivity index (χ4v) is 5.12. The third-order valence-electron chi connectivity index (χ3n) is 5.98. The third kappa shape index (κ3) is 4.05. The van der Waals surface area contributed by atoms with Crippen LogP contribution in [0.3, 0.4) is 0 Å².